The summed E-state index contributed by atoms with van der Waals surface area (Å²) < 4.78 is 10.7. The smallest absolute Gasteiger partial charge is 0.251 e. The quantitative estimate of drug-likeness (QED) is 0.168. The summed E-state index contributed by atoms with van der Waals surface area (Å²) in [6.07, 6.45) is 5.92. The Labute approximate surface area is 235 Å². The van der Waals surface area contributed by atoms with Crippen molar-refractivity contribution in [3.05, 3.63) is 65.7 Å². The van der Waals surface area contributed by atoms with Gasteiger partial charge in [0.15, 0.2) is 0 Å². The Hall–Kier alpha value is -3.80. The molecule has 0 unspecified atom stereocenters. The number of hydrogen-bond acceptors (Lipinski definition) is 10. The summed E-state index contributed by atoms with van der Waals surface area (Å²) in [6.45, 7) is 3.39. The number of anilines is 4. The summed E-state index contributed by atoms with van der Waals surface area (Å²) in [4.78, 5) is 26.3. The monoisotopic (exact) mass is 548 g/mol. The first-order valence-corrected chi connectivity index (χ1v) is 14.0. The first-order chi connectivity index (χ1) is 19.7. The topological polar surface area (TPSA) is 148 Å². The molecule has 0 saturated heterocycles. The molecule has 4 rings (SSSR count). The highest BCUT2D eigenvalue weighted by atomic mass is 16.5. The molecule has 0 radical (unpaired) electrons. The van der Waals surface area contributed by atoms with Crippen LogP contribution in [0.25, 0.3) is 0 Å². The number of carbonyl (C=O) groups excluding carboxylic acids is 1. The number of carbonyl (C=O) groups is 1. The van der Waals surface area contributed by atoms with Gasteiger partial charge in [0.25, 0.3) is 5.91 Å². The predicted octanol–water partition coefficient (Wildman–Crippen LogP) is 3.69. The van der Waals surface area contributed by atoms with Gasteiger partial charge in [-0.15, -0.1) is 0 Å². The highest BCUT2D eigenvalue weighted by Crippen LogP contribution is 2.22. The van der Waals surface area contributed by atoms with Gasteiger partial charge in [0, 0.05) is 36.9 Å². The van der Waals surface area contributed by atoms with Crippen LogP contribution in [0.2, 0.25) is 0 Å². The molecule has 1 heterocycles. The van der Waals surface area contributed by atoms with Gasteiger partial charge in [-0.2, -0.15) is 15.0 Å². The van der Waals surface area contributed by atoms with Crippen LogP contribution in [0.5, 0.6) is 0 Å². The lowest BCUT2D eigenvalue weighted by Gasteiger charge is -2.23. The summed E-state index contributed by atoms with van der Waals surface area (Å²) in [5, 5.41) is 12.9. The van der Waals surface area contributed by atoms with Gasteiger partial charge in [0.1, 0.15) is 0 Å². The Morgan fingerprint density at radius 2 is 1.52 bits per heavy atom. The fourth-order valence-corrected chi connectivity index (χ4v) is 4.36. The van der Waals surface area contributed by atoms with Crippen molar-refractivity contribution in [3.63, 3.8) is 0 Å². The predicted molar refractivity (Wildman–Crippen MR) is 157 cm³/mol. The molecule has 0 bridgehead atoms. The number of nitrogens with two attached hydrogens (primary N) is 1. The second-order valence-corrected chi connectivity index (χ2v) is 9.60. The average Bonchev–Trinajstić information content (AvgIpc) is 2.99. The number of amides is 1. The van der Waals surface area contributed by atoms with Crippen LogP contribution in [0, 0.1) is 0 Å². The van der Waals surface area contributed by atoms with Crippen molar-refractivity contribution < 1.29 is 14.3 Å². The van der Waals surface area contributed by atoms with Crippen LogP contribution >= 0.6 is 0 Å². The van der Waals surface area contributed by atoms with Crippen LogP contribution in [0.15, 0.2) is 54.6 Å². The molecule has 1 aliphatic carbocycles. The maximum Gasteiger partial charge on any atom is 0.251 e. The third kappa shape index (κ3) is 10.1. The van der Waals surface area contributed by atoms with Crippen molar-refractivity contribution >= 4 is 29.4 Å². The molecule has 1 saturated carbocycles. The summed E-state index contributed by atoms with van der Waals surface area (Å²) >= 11 is 0. The fraction of sp³-hybridized carbons (Fsp3) is 0.448. The maximum absolute atomic E-state index is 12.5. The second-order valence-electron chi connectivity index (χ2n) is 9.60. The highest BCUT2D eigenvalue weighted by Gasteiger charge is 2.16. The Morgan fingerprint density at radius 1 is 0.825 bits per heavy atom. The molecular formula is C29H40N8O3. The summed E-state index contributed by atoms with van der Waals surface area (Å²) in [7, 11) is 0. The van der Waals surface area contributed by atoms with Crippen LogP contribution in [0.4, 0.5) is 23.5 Å². The first-order valence-electron chi connectivity index (χ1n) is 14.0. The van der Waals surface area contributed by atoms with Gasteiger partial charge in [0.2, 0.25) is 17.8 Å². The van der Waals surface area contributed by atoms with E-state index in [0.717, 1.165) is 24.1 Å². The van der Waals surface area contributed by atoms with Gasteiger partial charge in [0.05, 0.1) is 26.4 Å². The number of nitrogens with zero attached hydrogens (tertiary/aromatic N) is 3. The Bertz CT molecular complexity index is 1160. The van der Waals surface area contributed by atoms with Gasteiger partial charge in [-0.25, -0.2) is 0 Å². The molecule has 11 heteroatoms. The fourth-order valence-electron chi connectivity index (χ4n) is 4.36. The molecule has 0 aliphatic heterocycles. The molecule has 1 fully saturated rings. The maximum atomic E-state index is 12.5. The van der Waals surface area contributed by atoms with Crippen molar-refractivity contribution in [2.45, 2.75) is 44.7 Å². The zero-order valence-corrected chi connectivity index (χ0v) is 22.9. The van der Waals surface area contributed by atoms with Crippen molar-refractivity contribution in [3.8, 4) is 0 Å². The number of rotatable bonds is 16. The summed E-state index contributed by atoms with van der Waals surface area (Å²) in [5.74, 6) is 1.29. The second kappa shape index (κ2) is 16.3. The minimum Gasteiger partial charge on any atom is -0.378 e. The largest absolute Gasteiger partial charge is 0.378 e. The van der Waals surface area contributed by atoms with Crippen molar-refractivity contribution in [2.75, 3.05) is 55.5 Å². The van der Waals surface area contributed by atoms with Crippen LogP contribution in [-0.2, 0) is 16.0 Å². The van der Waals surface area contributed by atoms with E-state index in [1.54, 1.807) is 12.1 Å². The lowest BCUT2D eigenvalue weighted by molar-refractivity contribution is 0.0511. The van der Waals surface area contributed by atoms with Gasteiger partial charge in [-0.05, 0) is 42.7 Å². The van der Waals surface area contributed by atoms with Crippen LogP contribution in [0.3, 0.4) is 0 Å². The van der Waals surface area contributed by atoms with Gasteiger partial charge in [-0.3, -0.25) is 4.79 Å². The molecule has 0 atom stereocenters. The molecule has 214 valence electrons. The van der Waals surface area contributed by atoms with Crippen LogP contribution in [0.1, 0.15) is 48.0 Å². The molecule has 1 aromatic heterocycles. The van der Waals surface area contributed by atoms with Crippen molar-refractivity contribution in [1.29, 1.82) is 0 Å². The van der Waals surface area contributed by atoms with E-state index in [-0.39, 0.29) is 5.91 Å². The lowest BCUT2D eigenvalue weighted by atomic mass is 9.96. The average molecular weight is 549 g/mol. The number of benzene rings is 2. The summed E-state index contributed by atoms with van der Waals surface area (Å²) in [5.41, 5.74) is 7.82. The van der Waals surface area contributed by atoms with Crippen molar-refractivity contribution in [1.82, 2.24) is 20.3 Å². The zero-order chi connectivity index (χ0) is 27.8. The van der Waals surface area contributed by atoms with E-state index < -0.39 is 0 Å². The lowest BCUT2D eigenvalue weighted by Crippen LogP contribution is -2.27. The Balaban J connectivity index is 1.33. The third-order valence-corrected chi connectivity index (χ3v) is 6.44. The molecule has 6 N–H and O–H groups in total. The van der Waals surface area contributed by atoms with E-state index in [1.807, 2.05) is 30.3 Å². The summed E-state index contributed by atoms with van der Waals surface area (Å²) in [6, 6.07) is 17.7. The molecule has 3 aromatic rings. The third-order valence-electron chi connectivity index (χ3n) is 6.44. The van der Waals surface area contributed by atoms with E-state index in [0.29, 0.717) is 75.5 Å². The van der Waals surface area contributed by atoms with Crippen molar-refractivity contribution in [2.24, 2.45) is 5.73 Å². The number of nitrogens with one attached hydrogen (secondary N) is 4. The van der Waals surface area contributed by atoms with E-state index >= 15 is 0 Å². The minimum absolute atomic E-state index is 0.166. The van der Waals surface area contributed by atoms with E-state index in [4.69, 9.17) is 15.2 Å². The van der Waals surface area contributed by atoms with E-state index in [2.05, 4.69) is 48.4 Å². The Morgan fingerprint density at radius 3 is 2.27 bits per heavy atom. The molecule has 1 amide bonds. The molecular weight excluding hydrogens is 508 g/mol. The van der Waals surface area contributed by atoms with Gasteiger partial charge in [-0.1, -0.05) is 49.6 Å². The number of hydrogen-bond donors (Lipinski definition) is 5. The standard InChI is InChI=1S/C29H40N8O3/c30-15-17-39-19-20-40-18-16-31-26(38)23-11-13-25(14-12-23)34-29-36-27(32-21-22-7-3-1-4-8-22)35-28(37-29)33-24-9-5-2-6-10-24/h1,3-4,7-8,11-14,24H,2,5-6,9-10,15-21,30H2,(H,31,38)(H3,32,33,34,35,36,37). The minimum atomic E-state index is -0.166. The SMILES string of the molecule is NCCOCCOCCNC(=O)c1ccc(Nc2nc(NCc3ccccc3)nc(NC3CCCCC3)n2)cc1. The Kier molecular flexibility index (Phi) is 11.9. The molecule has 11 nitrogen and oxygen atoms in total. The first kappa shape index (κ1) is 29.2. The van der Waals surface area contributed by atoms with Gasteiger partial charge < -0.3 is 36.5 Å². The number of aromatic nitrogens is 3. The van der Waals surface area contributed by atoms with E-state index in [1.165, 1.54) is 19.3 Å². The zero-order valence-electron chi connectivity index (χ0n) is 22.9. The normalized spacial score (nSPS) is 13.5. The highest BCUT2D eigenvalue weighted by molar-refractivity contribution is 5.94. The number of ether oxygens (including phenoxy) is 2. The van der Waals surface area contributed by atoms with Gasteiger partial charge >= 0.3 is 0 Å². The molecule has 0 spiro atoms. The van der Waals surface area contributed by atoms with Crippen LogP contribution < -0.4 is 27.0 Å². The van der Waals surface area contributed by atoms with Crippen LogP contribution in [-0.4, -0.2) is 66.4 Å². The molecule has 40 heavy (non-hydrogen) atoms. The molecule has 2 aromatic carbocycles. The van der Waals surface area contributed by atoms with E-state index in [9.17, 15) is 4.79 Å². The molecule has 1 aliphatic rings.